The molecule has 0 spiro atoms. The molecular formula is C15H27N3S. The van der Waals surface area contributed by atoms with Crippen LogP contribution in [0.1, 0.15) is 63.4 Å². The van der Waals surface area contributed by atoms with E-state index in [1.165, 1.54) is 35.0 Å². The summed E-state index contributed by atoms with van der Waals surface area (Å²) in [5, 5.41) is 4.74. The fourth-order valence-electron chi connectivity index (χ4n) is 2.38. The van der Waals surface area contributed by atoms with Gasteiger partial charge in [-0.3, -0.25) is 0 Å². The van der Waals surface area contributed by atoms with Gasteiger partial charge in [0.1, 0.15) is 0 Å². The molecule has 1 aromatic heterocycles. The molecule has 1 aliphatic carbocycles. The van der Waals surface area contributed by atoms with Crippen molar-refractivity contribution in [3.63, 3.8) is 0 Å². The third-order valence-corrected chi connectivity index (χ3v) is 4.71. The lowest BCUT2D eigenvalue weighted by Crippen LogP contribution is -2.30. The van der Waals surface area contributed by atoms with E-state index in [0.29, 0.717) is 6.04 Å². The van der Waals surface area contributed by atoms with Gasteiger partial charge in [-0.25, -0.2) is 4.98 Å². The molecule has 0 bridgehead atoms. The average Bonchev–Trinajstić information content (AvgIpc) is 3.13. The summed E-state index contributed by atoms with van der Waals surface area (Å²) in [6.07, 6.45) is 3.85. The van der Waals surface area contributed by atoms with E-state index in [2.05, 4.69) is 37.9 Å². The number of hydrogen-bond acceptors (Lipinski definition) is 4. The Morgan fingerprint density at radius 3 is 2.63 bits per heavy atom. The molecule has 108 valence electrons. The van der Waals surface area contributed by atoms with Crippen LogP contribution in [0.2, 0.25) is 0 Å². The standard InChI is InChI=1S/C15H27N3S/c1-5-9-16-10-13-14(12-7-8-12)17-15(19-13)18(6-2)11(3)4/h11-12,16H,5-10H2,1-4H3. The summed E-state index contributed by atoms with van der Waals surface area (Å²) >= 11 is 1.89. The van der Waals surface area contributed by atoms with Crippen LogP contribution < -0.4 is 10.2 Å². The summed E-state index contributed by atoms with van der Waals surface area (Å²) in [6.45, 7) is 12.0. The van der Waals surface area contributed by atoms with E-state index in [4.69, 9.17) is 4.98 Å². The molecule has 1 saturated carbocycles. The third-order valence-electron chi connectivity index (χ3n) is 3.60. The number of hydrogen-bond donors (Lipinski definition) is 1. The van der Waals surface area contributed by atoms with E-state index in [-0.39, 0.29) is 0 Å². The van der Waals surface area contributed by atoms with Gasteiger partial charge >= 0.3 is 0 Å². The zero-order valence-electron chi connectivity index (χ0n) is 12.7. The van der Waals surface area contributed by atoms with Gasteiger partial charge in [-0.15, -0.1) is 11.3 Å². The maximum Gasteiger partial charge on any atom is 0.186 e. The van der Waals surface area contributed by atoms with Crippen LogP contribution >= 0.6 is 11.3 Å². The minimum absolute atomic E-state index is 0.527. The predicted octanol–water partition coefficient (Wildman–Crippen LogP) is 3.75. The summed E-state index contributed by atoms with van der Waals surface area (Å²) < 4.78 is 0. The summed E-state index contributed by atoms with van der Waals surface area (Å²) in [5.74, 6) is 0.745. The van der Waals surface area contributed by atoms with E-state index in [9.17, 15) is 0 Å². The van der Waals surface area contributed by atoms with Crippen molar-refractivity contribution < 1.29 is 0 Å². The molecule has 0 unspecified atom stereocenters. The van der Waals surface area contributed by atoms with Crippen molar-refractivity contribution >= 4 is 16.5 Å². The largest absolute Gasteiger partial charge is 0.346 e. The third kappa shape index (κ3) is 3.69. The van der Waals surface area contributed by atoms with Crippen LogP contribution in [0.25, 0.3) is 0 Å². The van der Waals surface area contributed by atoms with E-state index >= 15 is 0 Å². The molecule has 19 heavy (non-hydrogen) atoms. The Kier molecular flexibility index (Phi) is 5.22. The number of nitrogens with one attached hydrogen (secondary N) is 1. The lowest BCUT2D eigenvalue weighted by molar-refractivity contribution is 0.675. The minimum atomic E-state index is 0.527. The van der Waals surface area contributed by atoms with Crippen LogP contribution in [0.15, 0.2) is 0 Å². The van der Waals surface area contributed by atoms with Crippen molar-refractivity contribution in [3.8, 4) is 0 Å². The molecule has 0 radical (unpaired) electrons. The second-order valence-electron chi connectivity index (χ2n) is 5.64. The first kappa shape index (κ1) is 14.8. The predicted molar refractivity (Wildman–Crippen MR) is 84.2 cm³/mol. The van der Waals surface area contributed by atoms with Crippen LogP contribution in [-0.4, -0.2) is 24.1 Å². The summed E-state index contributed by atoms with van der Waals surface area (Å²) in [7, 11) is 0. The van der Waals surface area contributed by atoms with Crippen LogP contribution in [0.4, 0.5) is 5.13 Å². The van der Waals surface area contributed by atoms with Crippen LogP contribution in [0.3, 0.4) is 0 Å². The first-order valence-corrected chi connectivity index (χ1v) is 8.45. The van der Waals surface area contributed by atoms with E-state index in [1.807, 2.05) is 11.3 Å². The van der Waals surface area contributed by atoms with Crippen molar-refractivity contribution in [3.05, 3.63) is 10.6 Å². The molecule has 3 nitrogen and oxygen atoms in total. The van der Waals surface area contributed by atoms with Gasteiger partial charge < -0.3 is 10.2 Å². The fourth-order valence-corrected chi connectivity index (χ4v) is 3.69. The average molecular weight is 281 g/mol. The van der Waals surface area contributed by atoms with E-state index < -0.39 is 0 Å². The maximum atomic E-state index is 4.95. The van der Waals surface area contributed by atoms with Gasteiger partial charge in [0.05, 0.1) is 5.69 Å². The molecule has 0 atom stereocenters. The molecule has 1 N–H and O–H groups in total. The fraction of sp³-hybridized carbons (Fsp3) is 0.800. The van der Waals surface area contributed by atoms with Crippen molar-refractivity contribution in [2.45, 2.75) is 65.5 Å². The second-order valence-corrected chi connectivity index (χ2v) is 6.70. The first-order valence-electron chi connectivity index (χ1n) is 7.64. The lowest BCUT2D eigenvalue weighted by Gasteiger charge is -2.24. The summed E-state index contributed by atoms with van der Waals surface area (Å²) in [4.78, 5) is 8.81. The first-order chi connectivity index (χ1) is 9.17. The Bertz CT molecular complexity index is 396. The highest BCUT2D eigenvalue weighted by Gasteiger charge is 2.30. The molecule has 1 aromatic rings. The Balaban J connectivity index is 2.14. The highest BCUT2D eigenvalue weighted by molar-refractivity contribution is 7.15. The number of rotatable bonds is 8. The van der Waals surface area contributed by atoms with Crippen molar-refractivity contribution in [2.24, 2.45) is 0 Å². The lowest BCUT2D eigenvalue weighted by atomic mass is 10.2. The summed E-state index contributed by atoms with van der Waals surface area (Å²) in [5.41, 5.74) is 1.38. The SMILES string of the molecule is CCCNCc1sc(N(CC)C(C)C)nc1C1CC1. The van der Waals surface area contributed by atoms with Gasteiger partial charge in [0.25, 0.3) is 0 Å². The quantitative estimate of drug-likeness (QED) is 0.736. The van der Waals surface area contributed by atoms with E-state index in [1.54, 1.807) is 0 Å². The van der Waals surface area contributed by atoms with Crippen LogP contribution in [0.5, 0.6) is 0 Å². The van der Waals surface area contributed by atoms with Gasteiger partial charge in [0.15, 0.2) is 5.13 Å². The number of thiazole rings is 1. The normalized spacial score (nSPS) is 15.2. The molecule has 1 fully saturated rings. The van der Waals surface area contributed by atoms with Crippen molar-refractivity contribution in [1.82, 2.24) is 10.3 Å². The highest BCUT2D eigenvalue weighted by atomic mass is 32.1. The molecule has 0 aromatic carbocycles. The summed E-state index contributed by atoms with van der Waals surface area (Å²) in [6, 6.07) is 0.527. The molecule has 2 rings (SSSR count). The molecule has 0 aliphatic heterocycles. The molecule has 1 aliphatic rings. The zero-order valence-corrected chi connectivity index (χ0v) is 13.5. The topological polar surface area (TPSA) is 28.2 Å². The van der Waals surface area contributed by atoms with Crippen molar-refractivity contribution in [1.29, 1.82) is 0 Å². The molecule has 0 saturated heterocycles. The van der Waals surface area contributed by atoms with Crippen LogP contribution in [-0.2, 0) is 6.54 Å². The number of nitrogens with zero attached hydrogens (tertiary/aromatic N) is 2. The van der Waals surface area contributed by atoms with Gasteiger partial charge in [-0.2, -0.15) is 0 Å². The number of aromatic nitrogens is 1. The zero-order chi connectivity index (χ0) is 13.8. The molecule has 1 heterocycles. The second kappa shape index (κ2) is 6.71. The minimum Gasteiger partial charge on any atom is -0.346 e. The Labute approximate surface area is 121 Å². The molecule has 0 amide bonds. The smallest absolute Gasteiger partial charge is 0.186 e. The van der Waals surface area contributed by atoms with E-state index in [0.717, 1.165) is 25.6 Å². The van der Waals surface area contributed by atoms with Gasteiger partial charge in [-0.1, -0.05) is 6.92 Å². The number of anilines is 1. The van der Waals surface area contributed by atoms with Gasteiger partial charge in [0.2, 0.25) is 0 Å². The van der Waals surface area contributed by atoms with Gasteiger partial charge in [0, 0.05) is 29.9 Å². The maximum absolute atomic E-state index is 4.95. The monoisotopic (exact) mass is 281 g/mol. The highest BCUT2D eigenvalue weighted by Crippen LogP contribution is 2.44. The van der Waals surface area contributed by atoms with Crippen molar-refractivity contribution in [2.75, 3.05) is 18.0 Å². The van der Waals surface area contributed by atoms with Gasteiger partial charge in [-0.05, 0) is 46.6 Å². The Morgan fingerprint density at radius 1 is 1.37 bits per heavy atom. The van der Waals surface area contributed by atoms with Crippen LogP contribution in [0, 0.1) is 0 Å². The molecule has 4 heteroatoms. The Hall–Kier alpha value is -0.610. The molecular weight excluding hydrogens is 254 g/mol. The Morgan fingerprint density at radius 2 is 2.11 bits per heavy atom.